The fraction of sp³-hybridized carbons (Fsp3) is 0.400. The fourth-order valence-corrected chi connectivity index (χ4v) is 2.28. The average Bonchev–Trinajstić information content (AvgIpc) is 3.00. The number of nitro benzene ring substituents is 1. The zero-order valence-electron chi connectivity index (χ0n) is 12.5. The van der Waals surface area contributed by atoms with Crippen LogP contribution in [0.2, 0.25) is 0 Å². The van der Waals surface area contributed by atoms with Gasteiger partial charge in [0.1, 0.15) is 0 Å². The summed E-state index contributed by atoms with van der Waals surface area (Å²) in [5.74, 6) is 0. The molecule has 0 spiro atoms. The number of non-ortho nitro benzene ring substituents is 1. The number of likely N-dealkylation sites (N-methyl/N-ethyl adjacent to an activating group) is 1. The van der Waals surface area contributed by atoms with Crippen molar-refractivity contribution < 1.29 is 10.0 Å². The van der Waals surface area contributed by atoms with Gasteiger partial charge in [-0.15, -0.1) is 0 Å². The molecule has 7 nitrogen and oxygen atoms in total. The van der Waals surface area contributed by atoms with Gasteiger partial charge in [-0.05, 0) is 25.6 Å². The van der Waals surface area contributed by atoms with Crippen LogP contribution in [0.25, 0.3) is 0 Å². The number of hydrogen-bond acceptors (Lipinski definition) is 5. The Balaban J connectivity index is 1.81. The Morgan fingerprint density at radius 3 is 3.00 bits per heavy atom. The summed E-state index contributed by atoms with van der Waals surface area (Å²) in [5, 5.41) is 21.0. The summed E-state index contributed by atoms with van der Waals surface area (Å²) < 4.78 is 2.00. The molecule has 1 atom stereocenters. The molecule has 2 aromatic rings. The van der Waals surface area contributed by atoms with E-state index < -0.39 is 11.0 Å². The first kappa shape index (κ1) is 16.1. The Kier molecular flexibility index (Phi) is 5.62. The van der Waals surface area contributed by atoms with E-state index in [1.807, 2.05) is 22.7 Å². The maximum atomic E-state index is 10.8. The van der Waals surface area contributed by atoms with Gasteiger partial charge in [0.05, 0.1) is 17.4 Å². The number of rotatable bonds is 8. The molecular formula is C15H20N4O3. The van der Waals surface area contributed by atoms with Gasteiger partial charge in [0.15, 0.2) is 0 Å². The SMILES string of the molecule is CN(CCCn1ccnc1)CC(O)c1cccc([N+](=O)[O-])c1. The summed E-state index contributed by atoms with van der Waals surface area (Å²) in [6, 6.07) is 6.14. The Morgan fingerprint density at radius 1 is 1.50 bits per heavy atom. The molecule has 0 amide bonds. The molecular weight excluding hydrogens is 284 g/mol. The first-order chi connectivity index (χ1) is 10.6. The molecule has 1 heterocycles. The van der Waals surface area contributed by atoms with E-state index in [1.54, 1.807) is 24.7 Å². The monoisotopic (exact) mass is 304 g/mol. The lowest BCUT2D eigenvalue weighted by Gasteiger charge is -2.20. The predicted molar refractivity (Wildman–Crippen MR) is 82.4 cm³/mol. The number of nitro groups is 1. The lowest BCUT2D eigenvalue weighted by Crippen LogP contribution is -2.26. The maximum Gasteiger partial charge on any atom is 0.269 e. The molecule has 1 aromatic carbocycles. The Morgan fingerprint density at radius 2 is 2.32 bits per heavy atom. The van der Waals surface area contributed by atoms with Crippen molar-refractivity contribution in [2.75, 3.05) is 20.1 Å². The molecule has 0 saturated carbocycles. The molecule has 22 heavy (non-hydrogen) atoms. The van der Waals surface area contributed by atoms with Gasteiger partial charge in [-0.2, -0.15) is 0 Å². The van der Waals surface area contributed by atoms with Crippen molar-refractivity contribution in [3.63, 3.8) is 0 Å². The van der Waals surface area contributed by atoms with Crippen LogP contribution in [0.5, 0.6) is 0 Å². The molecule has 0 saturated heterocycles. The quantitative estimate of drug-likeness (QED) is 0.594. The standard InChI is InChI=1S/C15H20N4O3/c1-17(7-3-8-18-9-6-16-12-18)11-15(20)13-4-2-5-14(10-13)19(21)22/h2,4-6,9-10,12,15,20H,3,7-8,11H2,1H3. The molecule has 118 valence electrons. The number of aromatic nitrogens is 2. The van der Waals surface area contributed by atoms with Crippen LogP contribution in [-0.2, 0) is 6.54 Å². The summed E-state index contributed by atoms with van der Waals surface area (Å²) >= 11 is 0. The molecule has 1 unspecified atom stereocenters. The number of aryl methyl sites for hydroxylation is 1. The van der Waals surface area contributed by atoms with Crippen molar-refractivity contribution in [1.29, 1.82) is 0 Å². The van der Waals surface area contributed by atoms with E-state index in [0.29, 0.717) is 12.1 Å². The highest BCUT2D eigenvalue weighted by atomic mass is 16.6. The third kappa shape index (κ3) is 4.64. The van der Waals surface area contributed by atoms with E-state index in [4.69, 9.17) is 0 Å². The minimum Gasteiger partial charge on any atom is -0.387 e. The first-order valence-electron chi connectivity index (χ1n) is 7.13. The molecule has 7 heteroatoms. The highest BCUT2D eigenvalue weighted by Gasteiger charge is 2.14. The number of imidazole rings is 1. The topological polar surface area (TPSA) is 84.4 Å². The van der Waals surface area contributed by atoms with E-state index >= 15 is 0 Å². The van der Waals surface area contributed by atoms with Crippen LogP contribution >= 0.6 is 0 Å². The molecule has 0 fully saturated rings. The van der Waals surface area contributed by atoms with E-state index in [-0.39, 0.29) is 5.69 Å². The van der Waals surface area contributed by atoms with Crippen LogP contribution < -0.4 is 0 Å². The van der Waals surface area contributed by atoms with E-state index in [2.05, 4.69) is 4.98 Å². The summed E-state index contributed by atoms with van der Waals surface area (Å²) in [4.78, 5) is 16.3. The van der Waals surface area contributed by atoms with E-state index in [0.717, 1.165) is 19.5 Å². The number of nitrogens with zero attached hydrogens (tertiary/aromatic N) is 4. The van der Waals surface area contributed by atoms with Gasteiger partial charge in [0.2, 0.25) is 0 Å². The van der Waals surface area contributed by atoms with Gasteiger partial charge in [-0.25, -0.2) is 4.98 Å². The lowest BCUT2D eigenvalue weighted by atomic mass is 10.1. The summed E-state index contributed by atoms with van der Waals surface area (Å²) in [7, 11) is 1.93. The third-order valence-electron chi connectivity index (χ3n) is 3.47. The van der Waals surface area contributed by atoms with Crippen LogP contribution in [0.1, 0.15) is 18.1 Å². The Labute approximate surface area is 129 Å². The van der Waals surface area contributed by atoms with Crippen molar-refractivity contribution in [1.82, 2.24) is 14.5 Å². The molecule has 0 bridgehead atoms. The largest absolute Gasteiger partial charge is 0.387 e. The van der Waals surface area contributed by atoms with Crippen LogP contribution in [-0.4, -0.2) is 44.6 Å². The van der Waals surface area contributed by atoms with Crippen LogP contribution in [0, 0.1) is 10.1 Å². The maximum absolute atomic E-state index is 10.8. The van der Waals surface area contributed by atoms with Crippen LogP contribution in [0.15, 0.2) is 43.0 Å². The van der Waals surface area contributed by atoms with E-state index in [1.165, 1.54) is 12.1 Å². The second-order valence-corrected chi connectivity index (χ2v) is 5.28. The number of aliphatic hydroxyl groups is 1. The third-order valence-corrected chi connectivity index (χ3v) is 3.47. The molecule has 2 rings (SSSR count). The number of aliphatic hydroxyl groups excluding tert-OH is 1. The molecule has 0 aliphatic carbocycles. The van der Waals surface area contributed by atoms with Crippen molar-refractivity contribution in [2.24, 2.45) is 0 Å². The fourth-order valence-electron chi connectivity index (χ4n) is 2.28. The van der Waals surface area contributed by atoms with Crippen molar-refractivity contribution >= 4 is 5.69 Å². The summed E-state index contributed by atoms with van der Waals surface area (Å²) in [6.45, 7) is 2.13. The van der Waals surface area contributed by atoms with Gasteiger partial charge in [0.25, 0.3) is 5.69 Å². The van der Waals surface area contributed by atoms with Crippen LogP contribution in [0.3, 0.4) is 0 Å². The molecule has 0 aliphatic heterocycles. The van der Waals surface area contributed by atoms with Gasteiger partial charge in [-0.3, -0.25) is 10.1 Å². The number of benzene rings is 1. The van der Waals surface area contributed by atoms with Gasteiger partial charge >= 0.3 is 0 Å². The van der Waals surface area contributed by atoms with Gasteiger partial charge in [0, 0.05) is 37.6 Å². The first-order valence-corrected chi connectivity index (χ1v) is 7.13. The highest BCUT2D eigenvalue weighted by molar-refractivity contribution is 5.35. The van der Waals surface area contributed by atoms with Crippen molar-refractivity contribution in [3.05, 3.63) is 58.7 Å². The molecule has 1 aromatic heterocycles. The second-order valence-electron chi connectivity index (χ2n) is 5.28. The van der Waals surface area contributed by atoms with Gasteiger partial charge in [-0.1, -0.05) is 12.1 Å². The van der Waals surface area contributed by atoms with Crippen LogP contribution in [0.4, 0.5) is 5.69 Å². The lowest BCUT2D eigenvalue weighted by molar-refractivity contribution is -0.385. The van der Waals surface area contributed by atoms with Crippen molar-refractivity contribution in [3.8, 4) is 0 Å². The van der Waals surface area contributed by atoms with E-state index in [9.17, 15) is 15.2 Å². The number of hydrogen-bond donors (Lipinski definition) is 1. The minimum atomic E-state index is -0.738. The van der Waals surface area contributed by atoms with Gasteiger partial charge < -0.3 is 14.6 Å². The summed E-state index contributed by atoms with van der Waals surface area (Å²) in [5.41, 5.74) is 0.565. The zero-order valence-corrected chi connectivity index (χ0v) is 12.5. The molecule has 1 N–H and O–H groups in total. The Hall–Kier alpha value is -2.25. The molecule has 0 aliphatic rings. The predicted octanol–water partition coefficient (Wildman–Crippen LogP) is 1.85. The normalized spacial score (nSPS) is 12.5. The highest BCUT2D eigenvalue weighted by Crippen LogP contribution is 2.19. The smallest absolute Gasteiger partial charge is 0.269 e. The summed E-state index contributed by atoms with van der Waals surface area (Å²) in [6.07, 6.45) is 5.64. The molecule has 0 radical (unpaired) electrons. The van der Waals surface area contributed by atoms with Crippen molar-refractivity contribution in [2.45, 2.75) is 19.1 Å². The second kappa shape index (κ2) is 7.67. The minimum absolute atomic E-state index is 0.000638. The zero-order chi connectivity index (χ0) is 15.9. The Bertz CT molecular complexity index is 601. The average molecular weight is 304 g/mol.